The fraction of sp³-hybridized carbons (Fsp3) is 0.875. The molecular formula is C8H15ClN2O2. The molecule has 0 aromatic rings. The maximum Gasteiger partial charge on any atom is 0.409 e. The Kier molecular flexibility index (Phi) is 4.32. The molecule has 4 nitrogen and oxygen atoms in total. The van der Waals surface area contributed by atoms with Gasteiger partial charge in [0.05, 0.1) is 7.11 Å². The largest absolute Gasteiger partial charge is 0.453 e. The molecule has 0 radical (unpaired) electrons. The normalized spacial score (nSPS) is 18.8. The van der Waals surface area contributed by atoms with Gasteiger partial charge in [0, 0.05) is 38.6 Å². The van der Waals surface area contributed by atoms with Crippen molar-refractivity contribution in [3.05, 3.63) is 0 Å². The second-order valence-electron chi connectivity index (χ2n) is 2.99. The highest BCUT2D eigenvalue weighted by molar-refractivity contribution is 6.18. The van der Waals surface area contributed by atoms with Crippen molar-refractivity contribution in [1.29, 1.82) is 0 Å². The monoisotopic (exact) mass is 206 g/mol. The first-order valence-electron chi connectivity index (χ1n) is 4.39. The summed E-state index contributed by atoms with van der Waals surface area (Å²) in [5, 5.41) is 0. The summed E-state index contributed by atoms with van der Waals surface area (Å²) in [5.74, 6) is 0.651. The zero-order chi connectivity index (χ0) is 9.68. The van der Waals surface area contributed by atoms with Gasteiger partial charge in [0.1, 0.15) is 0 Å². The zero-order valence-electron chi connectivity index (χ0n) is 7.83. The molecular weight excluding hydrogens is 192 g/mol. The Labute approximate surface area is 83.4 Å². The van der Waals surface area contributed by atoms with Crippen LogP contribution in [0.1, 0.15) is 0 Å². The van der Waals surface area contributed by atoms with Gasteiger partial charge in [0.2, 0.25) is 0 Å². The number of nitrogens with zero attached hydrogens (tertiary/aromatic N) is 2. The van der Waals surface area contributed by atoms with Gasteiger partial charge in [-0.15, -0.1) is 11.6 Å². The highest BCUT2D eigenvalue weighted by Crippen LogP contribution is 2.02. The Bertz CT molecular complexity index is 170. The van der Waals surface area contributed by atoms with Crippen LogP contribution in [0.3, 0.4) is 0 Å². The fourth-order valence-corrected chi connectivity index (χ4v) is 1.64. The summed E-state index contributed by atoms with van der Waals surface area (Å²) < 4.78 is 4.63. The second-order valence-corrected chi connectivity index (χ2v) is 3.37. The van der Waals surface area contributed by atoms with Crippen LogP contribution in [0.4, 0.5) is 4.79 Å². The van der Waals surface area contributed by atoms with E-state index in [2.05, 4.69) is 9.64 Å². The molecule has 1 saturated heterocycles. The SMILES string of the molecule is COC(=O)N1CCN(CCCl)CC1. The molecule has 76 valence electrons. The molecule has 0 saturated carbocycles. The maximum atomic E-state index is 11.1. The van der Waals surface area contributed by atoms with Gasteiger partial charge in [0.15, 0.2) is 0 Å². The lowest BCUT2D eigenvalue weighted by Crippen LogP contribution is -2.49. The average Bonchev–Trinajstić information content (AvgIpc) is 2.18. The Balaban J connectivity index is 2.26. The van der Waals surface area contributed by atoms with E-state index in [0.717, 1.165) is 32.7 Å². The number of hydrogen-bond donors (Lipinski definition) is 0. The molecule has 0 unspecified atom stereocenters. The van der Waals surface area contributed by atoms with E-state index in [1.165, 1.54) is 7.11 Å². The van der Waals surface area contributed by atoms with Gasteiger partial charge in [-0.3, -0.25) is 4.90 Å². The molecule has 0 spiro atoms. The van der Waals surface area contributed by atoms with Crippen molar-refractivity contribution in [3.8, 4) is 0 Å². The Hall–Kier alpha value is -0.480. The number of halogens is 1. The molecule has 1 rings (SSSR count). The van der Waals surface area contributed by atoms with Crippen LogP contribution >= 0.6 is 11.6 Å². The average molecular weight is 207 g/mol. The lowest BCUT2D eigenvalue weighted by Gasteiger charge is -2.33. The summed E-state index contributed by atoms with van der Waals surface area (Å²) in [4.78, 5) is 15.0. The van der Waals surface area contributed by atoms with Crippen molar-refractivity contribution in [3.63, 3.8) is 0 Å². The predicted molar refractivity (Wildman–Crippen MR) is 51.1 cm³/mol. The Morgan fingerprint density at radius 1 is 1.38 bits per heavy atom. The first kappa shape index (κ1) is 10.6. The van der Waals surface area contributed by atoms with E-state index in [9.17, 15) is 4.79 Å². The van der Waals surface area contributed by atoms with E-state index >= 15 is 0 Å². The number of amides is 1. The summed E-state index contributed by atoms with van der Waals surface area (Å²) in [7, 11) is 1.41. The molecule has 1 aliphatic heterocycles. The summed E-state index contributed by atoms with van der Waals surface area (Å²) in [5.41, 5.74) is 0. The quantitative estimate of drug-likeness (QED) is 0.621. The number of piperazine rings is 1. The number of methoxy groups -OCH3 is 1. The molecule has 0 aromatic carbocycles. The topological polar surface area (TPSA) is 32.8 Å². The summed E-state index contributed by atoms with van der Waals surface area (Å²) in [6, 6.07) is 0. The molecule has 0 aliphatic carbocycles. The first-order valence-corrected chi connectivity index (χ1v) is 4.92. The highest BCUT2D eigenvalue weighted by Gasteiger charge is 2.20. The summed E-state index contributed by atoms with van der Waals surface area (Å²) >= 11 is 5.61. The number of hydrogen-bond acceptors (Lipinski definition) is 3. The van der Waals surface area contributed by atoms with Crippen molar-refractivity contribution in [2.75, 3.05) is 45.7 Å². The number of carbonyl (C=O) groups is 1. The minimum Gasteiger partial charge on any atom is -0.453 e. The molecule has 0 atom stereocenters. The summed E-state index contributed by atoms with van der Waals surface area (Å²) in [6.07, 6.45) is -0.231. The molecule has 5 heteroatoms. The molecule has 0 bridgehead atoms. The third-order valence-electron chi connectivity index (χ3n) is 2.21. The van der Waals surface area contributed by atoms with Gasteiger partial charge in [-0.2, -0.15) is 0 Å². The Morgan fingerprint density at radius 3 is 2.46 bits per heavy atom. The number of ether oxygens (including phenoxy) is 1. The molecule has 0 N–H and O–H groups in total. The maximum absolute atomic E-state index is 11.1. The molecule has 1 amide bonds. The third-order valence-corrected chi connectivity index (χ3v) is 2.37. The van der Waals surface area contributed by atoms with E-state index in [1.54, 1.807) is 4.90 Å². The van der Waals surface area contributed by atoms with Gasteiger partial charge in [0.25, 0.3) is 0 Å². The van der Waals surface area contributed by atoms with E-state index in [1.807, 2.05) is 0 Å². The van der Waals surface area contributed by atoms with Crippen LogP contribution in [0.2, 0.25) is 0 Å². The van der Waals surface area contributed by atoms with E-state index in [0.29, 0.717) is 5.88 Å². The number of carbonyl (C=O) groups excluding carboxylic acids is 1. The van der Waals surface area contributed by atoms with Crippen LogP contribution in [0.15, 0.2) is 0 Å². The van der Waals surface area contributed by atoms with E-state index in [-0.39, 0.29) is 6.09 Å². The number of alkyl halides is 1. The summed E-state index contributed by atoms with van der Waals surface area (Å²) in [6.45, 7) is 4.16. The molecule has 1 heterocycles. The smallest absolute Gasteiger partial charge is 0.409 e. The van der Waals surface area contributed by atoms with Crippen LogP contribution in [0.25, 0.3) is 0 Å². The van der Waals surface area contributed by atoms with Gasteiger partial charge in [-0.1, -0.05) is 0 Å². The van der Waals surface area contributed by atoms with Crippen molar-refractivity contribution >= 4 is 17.7 Å². The minimum atomic E-state index is -0.231. The minimum absolute atomic E-state index is 0.231. The van der Waals surface area contributed by atoms with Crippen molar-refractivity contribution < 1.29 is 9.53 Å². The highest BCUT2D eigenvalue weighted by atomic mass is 35.5. The molecule has 1 aliphatic rings. The Morgan fingerprint density at radius 2 is 2.00 bits per heavy atom. The van der Waals surface area contributed by atoms with Crippen molar-refractivity contribution in [2.45, 2.75) is 0 Å². The second kappa shape index (κ2) is 5.29. The van der Waals surface area contributed by atoms with Crippen molar-refractivity contribution in [2.24, 2.45) is 0 Å². The van der Waals surface area contributed by atoms with Gasteiger partial charge in [-0.25, -0.2) is 4.79 Å². The van der Waals surface area contributed by atoms with Crippen LogP contribution in [-0.2, 0) is 4.74 Å². The molecule has 13 heavy (non-hydrogen) atoms. The predicted octanol–water partition coefficient (Wildman–Crippen LogP) is 0.609. The fourth-order valence-electron chi connectivity index (χ4n) is 1.40. The van der Waals surface area contributed by atoms with E-state index in [4.69, 9.17) is 11.6 Å². The lowest BCUT2D eigenvalue weighted by atomic mass is 10.3. The van der Waals surface area contributed by atoms with Crippen LogP contribution in [0.5, 0.6) is 0 Å². The van der Waals surface area contributed by atoms with Crippen LogP contribution in [-0.4, -0.2) is 61.6 Å². The van der Waals surface area contributed by atoms with Gasteiger partial charge in [-0.05, 0) is 0 Å². The number of rotatable bonds is 2. The third kappa shape index (κ3) is 3.04. The standard InChI is InChI=1S/C8H15ClN2O2/c1-13-8(12)11-6-4-10(3-2-9)5-7-11/h2-7H2,1H3. The van der Waals surface area contributed by atoms with Crippen molar-refractivity contribution in [1.82, 2.24) is 9.80 Å². The van der Waals surface area contributed by atoms with Crippen LogP contribution < -0.4 is 0 Å². The van der Waals surface area contributed by atoms with E-state index < -0.39 is 0 Å². The molecule has 0 aromatic heterocycles. The van der Waals surface area contributed by atoms with Crippen LogP contribution in [0, 0.1) is 0 Å². The molecule has 1 fully saturated rings. The van der Waals surface area contributed by atoms with Gasteiger partial charge >= 0.3 is 6.09 Å². The van der Waals surface area contributed by atoms with Gasteiger partial charge < -0.3 is 9.64 Å². The first-order chi connectivity index (χ1) is 6.27. The zero-order valence-corrected chi connectivity index (χ0v) is 8.59. The lowest BCUT2D eigenvalue weighted by molar-refractivity contribution is 0.0930.